The molecular formula is C22H21N3O6S. The van der Waals surface area contributed by atoms with Gasteiger partial charge < -0.3 is 24.9 Å². The van der Waals surface area contributed by atoms with Gasteiger partial charge in [-0.2, -0.15) is 0 Å². The topological polar surface area (TPSA) is 115 Å². The minimum absolute atomic E-state index is 0.230. The van der Waals surface area contributed by atoms with Crippen molar-refractivity contribution in [2.75, 3.05) is 17.9 Å². The van der Waals surface area contributed by atoms with Gasteiger partial charge in [0.25, 0.3) is 5.91 Å². The van der Waals surface area contributed by atoms with Crippen molar-refractivity contribution in [3.05, 3.63) is 82.0 Å². The van der Waals surface area contributed by atoms with E-state index in [-0.39, 0.29) is 19.1 Å². The second kappa shape index (κ2) is 11.4. The number of hydrogen-bond donors (Lipinski definition) is 3. The fraction of sp³-hybridized carbons (Fsp3) is 0.136. The lowest BCUT2D eigenvalue weighted by atomic mass is 10.1. The van der Waals surface area contributed by atoms with Crippen LogP contribution in [0, 0.1) is 0 Å². The van der Waals surface area contributed by atoms with Crippen molar-refractivity contribution in [1.29, 1.82) is 0 Å². The van der Waals surface area contributed by atoms with E-state index in [0.717, 1.165) is 10.4 Å². The number of carbonyl (C=O) groups excluding carboxylic acids is 3. The fourth-order valence-corrected chi connectivity index (χ4v) is 3.15. The molecule has 2 amide bonds. The number of methoxy groups -OCH3 is 1. The van der Waals surface area contributed by atoms with Gasteiger partial charge in [0.1, 0.15) is 6.61 Å². The minimum Gasteiger partial charge on any atom is -0.444 e. The molecule has 0 aliphatic rings. The molecular weight excluding hydrogens is 434 g/mol. The van der Waals surface area contributed by atoms with E-state index >= 15 is 0 Å². The van der Waals surface area contributed by atoms with E-state index in [9.17, 15) is 14.4 Å². The molecule has 32 heavy (non-hydrogen) atoms. The van der Waals surface area contributed by atoms with Gasteiger partial charge in [-0.3, -0.25) is 4.79 Å². The molecule has 0 radical (unpaired) electrons. The number of nitrogens with one attached hydrogen (secondary N) is 3. The predicted octanol–water partition coefficient (Wildman–Crippen LogP) is 4.54. The highest BCUT2D eigenvalue weighted by Gasteiger charge is 2.08. The zero-order valence-electron chi connectivity index (χ0n) is 17.1. The van der Waals surface area contributed by atoms with Crippen LogP contribution in [0.15, 0.2) is 66.0 Å². The van der Waals surface area contributed by atoms with Crippen molar-refractivity contribution in [3.8, 4) is 0 Å². The van der Waals surface area contributed by atoms with Crippen LogP contribution < -0.4 is 16.1 Å². The van der Waals surface area contributed by atoms with Gasteiger partial charge >= 0.3 is 12.2 Å². The average Bonchev–Trinajstić information content (AvgIpc) is 3.34. The number of alkyl carbamates (subject to hydrolysis) is 1. The Morgan fingerprint density at radius 2 is 1.75 bits per heavy atom. The van der Waals surface area contributed by atoms with Gasteiger partial charge in [-0.25, -0.2) is 15.1 Å². The number of thiophene rings is 1. The average molecular weight is 455 g/mol. The van der Waals surface area contributed by atoms with E-state index in [1.807, 2.05) is 17.5 Å². The Balaban J connectivity index is 1.47. The van der Waals surface area contributed by atoms with E-state index in [2.05, 4.69) is 25.7 Å². The summed E-state index contributed by atoms with van der Waals surface area (Å²) in [6, 6.07) is 17.2. The van der Waals surface area contributed by atoms with Crippen LogP contribution in [-0.2, 0) is 27.5 Å². The van der Waals surface area contributed by atoms with E-state index in [4.69, 9.17) is 4.74 Å². The third kappa shape index (κ3) is 7.03. The number of rotatable bonds is 8. The Kier molecular flexibility index (Phi) is 8.04. The number of amides is 2. The summed E-state index contributed by atoms with van der Waals surface area (Å²) in [4.78, 5) is 40.9. The largest absolute Gasteiger partial charge is 0.532 e. The number of benzene rings is 2. The molecule has 3 N–H and O–H groups in total. The van der Waals surface area contributed by atoms with Crippen LogP contribution in [0.25, 0.3) is 0 Å². The van der Waals surface area contributed by atoms with Crippen LogP contribution in [-0.4, -0.2) is 25.3 Å². The van der Waals surface area contributed by atoms with Gasteiger partial charge in [-0.05, 0) is 47.3 Å². The van der Waals surface area contributed by atoms with E-state index in [0.29, 0.717) is 16.9 Å². The smallest absolute Gasteiger partial charge is 0.444 e. The zero-order valence-corrected chi connectivity index (χ0v) is 17.9. The van der Waals surface area contributed by atoms with Gasteiger partial charge in [-0.15, -0.1) is 11.3 Å². The summed E-state index contributed by atoms with van der Waals surface area (Å²) in [5.74, 6) is -0.314. The Bertz CT molecular complexity index is 1050. The molecule has 166 valence electrons. The van der Waals surface area contributed by atoms with Crippen molar-refractivity contribution in [2.45, 2.75) is 13.2 Å². The highest BCUT2D eigenvalue weighted by atomic mass is 32.1. The van der Waals surface area contributed by atoms with Crippen LogP contribution in [0.3, 0.4) is 0 Å². The standard InChI is InChI=1S/C22H21N3O6S/c1-29-22(28)31-25-18-5-2-4-17(12-18)24-20(26)16-9-7-15(8-10-16)13-23-21(27)30-14-19-6-3-11-32-19/h2-12,25H,13-14H2,1H3,(H,23,27)(H,24,26). The monoisotopic (exact) mass is 455 g/mol. The molecule has 0 atom stereocenters. The third-order valence-electron chi connectivity index (χ3n) is 4.12. The third-order valence-corrected chi connectivity index (χ3v) is 4.97. The number of anilines is 2. The van der Waals surface area contributed by atoms with Crippen molar-refractivity contribution in [3.63, 3.8) is 0 Å². The maximum atomic E-state index is 12.5. The van der Waals surface area contributed by atoms with Crippen molar-refractivity contribution in [2.24, 2.45) is 0 Å². The molecule has 2 aromatic carbocycles. The molecule has 0 bridgehead atoms. The fourth-order valence-electron chi connectivity index (χ4n) is 2.54. The predicted molar refractivity (Wildman–Crippen MR) is 119 cm³/mol. The lowest BCUT2D eigenvalue weighted by Crippen LogP contribution is -2.23. The lowest BCUT2D eigenvalue weighted by molar-refractivity contribution is 0.0913. The number of carbonyl (C=O) groups is 3. The summed E-state index contributed by atoms with van der Waals surface area (Å²) < 4.78 is 9.51. The highest BCUT2D eigenvalue weighted by Crippen LogP contribution is 2.17. The normalized spacial score (nSPS) is 10.0. The van der Waals surface area contributed by atoms with E-state index in [1.165, 1.54) is 18.4 Å². The molecule has 0 unspecified atom stereocenters. The summed E-state index contributed by atoms with van der Waals surface area (Å²) in [5.41, 5.74) is 4.66. The quantitative estimate of drug-likeness (QED) is 0.337. The maximum Gasteiger partial charge on any atom is 0.532 e. The molecule has 0 fully saturated rings. The molecule has 0 saturated heterocycles. The summed E-state index contributed by atoms with van der Waals surface area (Å²) in [5, 5.41) is 7.35. The first-order chi connectivity index (χ1) is 15.5. The van der Waals surface area contributed by atoms with E-state index in [1.54, 1.807) is 48.5 Å². The van der Waals surface area contributed by atoms with Gasteiger partial charge in [0.15, 0.2) is 0 Å². The Morgan fingerprint density at radius 1 is 0.969 bits per heavy atom. The van der Waals surface area contributed by atoms with Gasteiger partial charge in [0.2, 0.25) is 0 Å². The molecule has 1 aromatic heterocycles. The Morgan fingerprint density at radius 3 is 2.47 bits per heavy atom. The second-order valence-electron chi connectivity index (χ2n) is 6.40. The molecule has 0 aliphatic carbocycles. The maximum absolute atomic E-state index is 12.5. The van der Waals surface area contributed by atoms with E-state index < -0.39 is 12.2 Å². The molecule has 1 heterocycles. The first-order valence-corrected chi connectivity index (χ1v) is 10.4. The summed E-state index contributed by atoms with van der Waals surface area (Å²) in [6.07, 6.45) is -1.39. The van der Waals surface area contributed by atoms with Crippen LogP contribution in [0.2, 0.25) is 0 Å². The van der Waals surface area contributed by atoms with Gasteiger partial charge in [-0.1, -0.05) is 24.3 Å². The minimum atomic E-state index is -0.884. The molecule has 3 aromatic rings. The summed E-state index contributed by atoms with van der Waals surface area (Å²) in [6.45, 7) is 0.507. The number of hydrogen-bond acceptors (Lipinski definition) is 8. The van der Waals surface area contributed by atoms with Crippen LogP contribution in [0.5, 0.6) is 0 Å². The van der Waals surface area contributed by atoms with Crippen LogP contribution in [0.4, 0.5) is 21.0 Å². The van der Waals surface area contributed by atoms with Crippen molar-refractivity contribution >= 4 is 40.9 Å². The molecule has 0 spiro atoms. The first-order valence-electron chi connectivity index (χ1n) is 9.47. The molecule has 0 saturated carbocycles. The lowest BCUT2D eigenvalue weighted by Gasteiger charge is -2.10. The van der Waals surface area contributed by atoms with Crippen LogP contribution in [0.1, 0.15) is 20.8 Å². The molecule has 10 heteroatoms. The Labute approximate surface area is 188 Å². The first kappa shape index (κ1) is 22.6. The molecule has 9 nitrogen and oxygen atoms in total. The van der Waals surface area contributed by atoms with Crippen molar-refractivity contribution < 1.29 is 28.7 Å². The van der Waals surface area contributed by atoms with Crippen LogP contribution >= 0.6 is 11.3 Å². The number of ether oxygens (including phenoxy) is 2. The summed E-state index contributed by atoms with van der Waals surface area (Å²) in [7, 11) is 1.19. The highest BCUT2D eigenvalue weighted by molar-refractivity contribution is 7.09. The van der Waals surface area contributed by atoms with Crippen molar-refractivity contribution in [1.82, 2.24) is 5.32 Å². The molecule has 0 aliphatic heterocycles. The second-order valence-corrected chi connectivity index (χ2v) is 7.43. The van der Waals surface area contributed by atoms with Gasteiger partial charge in [0, 0.05) is 22.7 Å². The zero-order chi connectivity index (χ0) is 22.8. The molecule has 3 rings (SSSR count). The summed E-state index contributed by atoms with van der Waals surface area (Å²) >= 11 is 1.52. The Hall–Kier alpha value is -4.05. The van der Waals surface area contributed by atoms with Gasteiger partial charge in [0.05, 0.1) is 12.8 Å². The SMILES string of the molecule is COC(=O)ONc1cccc(NC(=O)c2ccc(CNC(=O)OCc3cccs3)cc2)c1.